The minimum Gasteiger partial charge on any atom is -0.321 e. The molecule has 1 N–H and O–H groups in total. The number of hydrogen-bond donors (Lipinski definition) is 1. The zero-order valence-electron chi connectivity index (χ0n) is 10.9. The van der Waals surface area contributed by atoms with Crippen molar-refractivity contribution < 1.29 is 4.79 Å². The molecule has 1 aromatic carbocycles. The van der Waals surface area contributed by atoms with Crippen molar-refractivity contribution in [2.75, 3.05) is 5.32 Å². The molecule has 96 valence electrons. The Morgan fingerprint density at radius 1 is 1.42 bits per heavy atom. The quantitative estimate of drug-likeness (QED) is 0.923. The van der Waals surface area contributed by atoms with Gasteiger partial charge in [-0.1, -0.05) is 13.0 Å². The van der Waals surface area contributed by atoms with Crippen molar-refractivity contribution in [2.45, 2.75) is 20.3 Å². The number of rotatable bonds is 3. The summed E-state index contributed by atoms with van der Waals surface area (Å²) in [6.45, 7) is 4.10. The van der Waals surface area contributed by atoms with Gasteiger partial charge in [0.25, 0.3) is 5.91 Å². The fourth-order valence-corrected chi connectivity index (χ4v) is 2.85. The first-order valence-corrected chi connectivity index (χ1v) is 6.86. The van der Waals surface area contributed by atoms with Crippen molar-refractivity contribution in [3.8, 4) is 6.07 Å². The normalized spacial score (nSPS) is 9.95. The van der Waals surface area contributed by atoms with Crippen LogP contribution in [-0.4, -0.2) is 5.91 Å². The van der Waals surface area contributed by atoms with Crippen LogP contribution in [0.5, 0.6) is 0 Å². The highest BCUT2D eigenvalue weighted by molar-refractivity contribution is 7.14. The summed E-state index contributed by atoms with van der Waals surface area (Å²) in [7, 11) is 0. The fraction of sp³-hybridized carbons (Fsp3) is 0.200. The highest BCUT2D eigenvalue weighted by Crippen LogP contribution is 2.23. The van der Waals surface area contributed by atoms with Gasteiger partial charge in [-0.3, -0.25) is 4.79 Å². The van der Waals surface area contributed by atoms with E-state index in [9.17, 15) is 4.79 Å². The Balaban J connectivity index is 2.18. The number of carbonyl (C=O) groups excluding carboxylic acids is 1. The van der Waals surface area contributed by atoms with Gasteiger partial charge in [0.15, 0.2) is 0 Å². The molecular weight excluding hydrogens is 256 g/mol. The second kappa shape index (κ2) is 5.68. The third-order valence-corrected chi connectivity index (χ3v) is 3.97. The minimum atomic E-state index is -0.122. The molecule has 1 aromatic heterocycles. The number of nitrogens with zero attached hydrogens (tertiary/aromatic N) is 1. The van der Waals surface area contributed by atoms with Crippen molar-refractivity contribution in [2.24, 2.45) is 0 Å². The van der Waals surface area contributed by atoms with Crippen LogP contribution in [0.1, 0.15) is 32.6 Å². The molecule has 1 heterocycles. The lowest BCUT2D eigenvalue weighted by atomic mass is 10.2. The lowest BCUT2D eigenvalue weighted by molar-refractivity contribution is 0.103. The predicted octanol–water partition coefficient (Wildman–Crippen LogP) is 3.74. The first-order valence-electron chi connectivity index (χ1n) is 6.05. The van der Waals surface area contributed by atoms with Crippen LogP contribution in [0.3, 0.4) is 0 Å². The maximum Gasteiger partial charge on any atom is 0.265 e. The highest BCUT2D eigenvalue weighted by atomic mass is 32.1. The molecule has 0 spiro atoms. The lowest BCUT2D eigenvalue weighted by Crippen LogP contribution is -2.10. The van der Waals surface area contributed by atoms with E-state index in [0.717, 1.165) is 6.42 Å². The van der Waals surface area contributed by atoms with Gasteiger partial charge in [0, 0.05) is 10.6 Å². The molecular formula is C15H14N2OS. The summed E-state index contributed by atoms with van der Waals surface area (Å²) in [5.41, 5.74) is 2.39. The van der Waals surface area contributed by atoms with Gasteiger partial charge in [-0.05, 0) is 43.2 Å². The smallest absolute Gasteiger partial charge is 0.265 e. The van der Waals surface area contributed by atoms with E-state index in [1.54, 1.807) is 24.3 Å². The standard InChI is InChI=1S/C15H14N2OS/c1-3-12-8-14(19-10(12)2)15(18)17-13-6-4-5-11(7-13)9-16/h4-8H,3H2,1-2H3,(H,17,18). The SMILES string of the molecule is CCc1cc(C(=O)Nc2cccc(C#N)c2)sc1C. The molecule has 0 radical (unpaired) electrons. The topological polar surface area (TPSA) is 52.9 Å². The van der Waals surface area contributed by atoms with Gasteiger partial charge in [-0.2, -0.15) is 5.26 Å². The highest BCUT2D eigenvalue weighted by Gasteiger charge is 2.11. The molecule has 0 aliphatic rings. The Morgan fingerprint density at radius 2 is 2.21 bits per heavy atom. The van der Waals surface area contributed by atoms with Crippen molar-refractivity contribution in [3.05, 3.63) is 51.2 Å². The second-order valence-corrected chi connectivity index (χ2v) is 5.45. The van der Waals surface area contributed by atoms with Gasteiger partial charge in [0.05, 0.1) is 16.5 Å². The maximum absolute atomic E-state index is 12.1. The molecule has 0 unspecified atom stereocenters. The molecule has 19 heavy (non-hydrogen) atoms. The predicted molar refractivity (Wildman–Crippen MR) is 77.5 cm³/mol. The van der Waals surface area contributed by atoms with E-state index in [2.05, 4.69) is 18.3 Å². The Morgan fingerprint density at radius 3 is 2.84 bits per heavy atom. The molecule has 1 amide bonds. The van der Waals surface area contributed by atoms with Crippen LogP contribution in [0.15, 0.2) is 30.3 Å². The Hall–Kier alpha value is -2.12. The Bertz CT molecular complexity index is 652. The summed E-state index contributed by atoms with van der Waals surface area (Å²) in [6, 6.07) is 10.9. The van der Waals surface area contributed by atoms with E-state index in [0.29, 0.717) is 16.1 Å². The Labute approximate surface area is 116 Å². The van der Waals surface area contributed by atoms with Gasteiger partial charge in [-0.25, -0.2) is 0 Å². The van der Waals surface area contributed by atoms with E-state index in [1.165, 1.54) is 21.8 Å². The summed E-state index contributed by atoms with van der Waals surface area (Å²) in [5.74, 6) is -0.122. The summed E-state index contributed by atoms with van der Waals surface area (Å²) in [5, 5.41) is 11.6. The van der Waals surface area contributed by atoms with Gasteiger partial charge in [-0.15, -0.1) is 11.3 Å². The van der Waals surface area contributed by atoms with Crippen molar-refractivity contribution >= 4 is 22.9 Å². The summed E-state index contributed by atoms with van der Waals surface area (Å²) in [6.07, 6.45) is 0.930. The number of amides is 1. The van der Waals surface area contributed by atoms with Crippen LogP contribution in [0, 0.1) is 18.3 Å². The zero-order valence-corrected chi connectivity index (χ0v) is 11.7. The van der Waals surface area contributed by atoms with Crippen molar-refractivity contribution in [3.63, 3.8) is 0 Å². The number of thiophene rings is 1. The first kappa shape index (κ1) is 13.3. The van der Waals surface area contributed by atoms with E-state index in [4.69, 9.17) is 5.26 Å². The number of nitriles is 1. The molecule has 2 aromatic rings. The average molecular weight is 270 g/mol. The van der Waals surface area contributed by atoms with E-state index in [-0.39, 0.29) is 5.91 Å². The lowest BCUT2D eigenvalue weighted by Gasteiger charge is -2.03. The molecule has 2 rings (SSSR count). The second-order valence-electron chi connectivity index (χ2n) is 4.19. The molecule has 4 heteroatoms. The third kappa shape index (κ3) is 3.01. The van der Waals surface area contributed by atoms with Gasteiger partial charge < -0.3 is 5.32 Å². The van der Waals surface area contributed by atoms with Crippen molar-refractivity contribution in [1.82, 2.24) is 0 Å². The molecule has 0 aliphatic heterocycles. The first-order chi connectivity index (χ1) is 9.13. The largest absolute Gasteiger partial charge is 0.321 e. The summed E-state index contributed by atoms with van der Waals surface area (Å²) >= 11 is 1.50. The third-order valence-electron chi connectivity index (χ3n) is 2.87. The molecule has 0 aliphatic carbocycles. The maximum atomic E-state index is 12.1. The number of aryl methyl sites for hydroxylation is 2. The molecule has 3 nitrogen and oxygen atoms in total. The number of benzene rings is 1. The molecule has 0 fully saturated rings. The van der Waals surface area contributed by atoms with E-state index < -0.39 is 0 Å². The molecule has 0 bridgehead atoms. The van der Waals surface area contributed by atoms with Crippen LogP contribution in [0.4, 0.5) is 5.69 Å². The summed E-state index contributed by atoms with van der Waals surface area (Å²) in [4.78, 5) is 14.0. The number of carbonyl (C=O) groups is 1. The molecule has 0 atom stereocenters. The molecule has 0 saturated heterocycles. The average Bonchev–Trinajstić information content (AvgIpc) is 2.80. The zero-order chi connectivity index (χ0) is 13.8. The van der Waals surface area contributed by atoms with Gasteiger partial charge in [0.1, 0.15) is 0 Å². The van der Waals surface area contributed by atoms with E-state index >= 15 is 0 Å². The van der Waals surface area contributed by atoms with Gasteiger partial charge in [0.2, 0.25) is 0 Å². The Kier molecular flexibility index (Phi) is 3.98. The monoisotopic (exact) mass is 270 g/mol. The van der Waals surface area contributed by atoms with Crippen LogP contribution in [0.25, 0.3) is 0 Å². The van der Waals surface area contributed by atoms with Crippen molar-refractivity contribution in [1.29, 1.82) is 5.26 Å². The molecule has 0 saturated carbocycles. The number of hydrogen-bond acceptors (Lipinski definition) is 3. The van der Waals surface area contributed by atoms with Crippen LogP contribution in [-0.2, 0) is 6.42 Å². The van der Waals surface area contributed by atoms with Crippen LogP contribution < -0.4 is 5.32 Å². The van der Waals surface area contributed by atoms with E-state index in [1.807, 2.05) is 13.0 Å². The fourth-order valence-electron chi connectivity index (χ4n) is 1.84. The van der Waals surface area contributed by atoms with Crippen LogP contribution in [0.2, 0.25) is 0 Å². The van der Waals surface area contributed by atoms with Gasteiger partial charge >= 0.3 is 0 Å². The number of anilines is 1. The number of nitrogens with one attached hydrogen (secondary N) is 1. The minimum absolute atomic E-state index is 0.122. The van der Waals surface area contributed by atoms with Crippen LogP contribution >= 0.6 is 11.3 Å². The summed E-state index contributed by atoms with van der Waals surface area (Å²) < 4.78 is 0.